The Morgan fingerprint density at radius 2 is 1.02 bits per heavy atom. The van der Waals surface area contributed by atoms with Crippen LogP contribution in [-0.2, 0) is 0 Å². The van der Waals surface area contributed by atoms with Gasteiger partial charge in [0.05, 0.1) is 17.2 Å². The number of rotatable bonds is 6. The second-order valence-electron chi connectivity index (χ2n) is 16.2. The van der Waals surface area contributed by atoms with Gasteiger partial charge >= 0.3 is 0 Å². The van der Waals surface area contributed by atoms with Crippen LogP contribution in [0.15, 0.2) is 217 Å². The highest BCUT2D eigenvalue weighted by Gasteiger charge is 2.20. The third kappa shape index (κ3) is 5.88. The van der Waals surface area contributed by atoms with Crippen LogP contribution < -0.4 is 0 Å². The number of hydrogen-bond acceptors (Lipinski definition) is 5. The van der Waals surface area contributed by atoms with Crippen molar-refractivity contribution in [3.05, 3.63) is 212 Å². The summed E-state index contributed by atoms with van der Waals surface area (Å²) in [7, 11) is 0. The van der Waals surface area contributed by atoms with Gasteiger partial charge in [-0.25, -0.2) is 19.9 Å². The predicted molar refractivity (Wildman–Crippen MR) is 261 cm³/mol. The zero-order chi connectivity index (χ0) is 42.1. The van der Waals surface area contributed by atoms with E-state index in [1.807, 2.05) is 54.6 Å². The lowest BCUT2D eigenvalue weighted by Crippen LogP contribution is -2.01. The Morgan fingerprint density at radius 1 is 0.359 bits per heavy atom. The normalized spacial score (nSPS) is 11.8. The van der Waals surface area contributed by atoms with Crippen LogP contribution in [0, 0.1) is 0 Å². The van der Waals surface area contributed by atoms with E-state index in [1.165, 1.54) is 43.4 Å². The maximum absolute atomic E-state index is 6.09. The number of benzene rings is 9. The first-order chi connectivity index (χ1) is 31.7. The summed E-state index contributed by atoms with van der Waals surface area (Å²) in [6.07, 6.45) is 1.76. The van der Waals surface area contributed by atoms with E-state index in [9.17, 15) is 0 Å². The Morgan fingerprint density at radius 3 is 1.89 bits per heavy atom. The van der Waals surface area contributed by atoms with Crippen LogP contribution in [0.25, 0.3) is 128 Å². The molecule has 0 amide bonds. The Kier molecular flexibility index (Phi) is 8.11. The maximum atomic E-state index is 6.09. The van der Waals surface area contributed by atoms with Crippen molar-refractivity contribution in [1.29, 1.82) is 0 Å². The van der Waals surface area contributed by atoms with Crippen molar-refractivity contribution in [1.82, 2.24) is 24.5 Å². The summed E-state index contributed by atoms with van der Waals surface area (Å²) in [6.45, 7) is 0. The lowest BCUT2D eigenvalue weighted by atomic mass is 9.93. The number of furan rings is 1. The molecule has 0 saturated carbocycles. The fraction of sp³-hybridized carbons (Fsp3) is 0. The quantitative estimate of drug-likeness (QED) is 0.167. The summed E-state index contributed by atoms with van der Waals surface area (Å²) < 4.78 is 8.52. The standard InChI is InChI=1S/C58H35N5O/c1-2-15-37(16-3-1)56-60-57(62-58(61-56)50-33-49-45-23-9-11-27-53(45)64-54(49)35-59-50)42-20-12-18-39(31-42)40-19-13-21-43(32-40)63-51-26-10-8-25-47(51)55-46-24-7-6-22-44(46)48(34-52(55)63)41-29-28-36-14-4-5-17-38(36)30-41/h1-35H. The van der Waals surface area contributed by atoms with Gasteiger partial charge in [-0.2, -0.15) is 0 Å². The van der Waals surface area contributed by atoms with Crippen LogP contribution in [0.1, 0.15) is 0 Å². The van der Waals surface area contributed by atoms with E-state index < -0.39 is 0 Å². The Balaban J connectivity index is 0.957. The van der Waals surface area contributed by atoms with Gasteiger partial charge in [0.2, 0.25) is 0 Å². The molecule has 0 N–H and O–H groups in total. The van der Waals surface area contributed by atoms with Crippen LogP contribution in [0.5, 0.6) is 0 Å². The Labute approximate surface area is 367 Å². The number of hydrogen-bond donors (Lipinski definition) is 0. The van der Waals surface area contributed by atoms with Gasteiger partial charge in [-0.15, -0.1) is 0 Å². The number of aromatic nitrogens is 5. The first-order valence-corrected chi connectivity index (χ1v) is 21.4. The van der Waals surface area contributed by atoms with Gasteiger partial charge in [0, 0.05) is 38.4 Å². The summed E-state index contributed by atoms with van der Waals surface area (Å²) in [5.74, 6) is 1.63. The molecule has 0 bridgehead atoms. The third-order valence-electron chi connectivity index (χ3n) is 12.5. The molecule has 0 aliphatic heterocycles. The lowest BCUT2D eigenvalue weighted by molar-refractivity contribution is 0.667. The van der Waals surface area contributed by atoms with E-state index in [1.54, 1.807) is 6.20 Å². The molecule has 0 unspecified atom stereocenters. The number of nitrogens with zero attached hydrogens (tertiary/aromatic N) is 5. The average molecular weight is 818 g/mol. The fourth-order valence-electron chi connectivity index (χ4n) is 9.46. The summed E-state index contributed by atoms with van der Waals surface area (Å²) in [4.78, 5) is 19.9. The molecular weight excluding hydrogens is 783 g/mol. The van der Waals surface area contributed by atoms with E-state index in [-0.39, 0.29) is 0 Å². The Bertz CT molecular complexity index is 3980. The topological polar surface area (TPSA) is 69.6 Å². The van der Waals surface area contributed by atoms with Crippen molar-refractivity contribution in [2.24, 2.45) is 0 Å². The summed E-state index contributed by atoms with van der Waals surface area (Å²) in [5.41, 5.74) is 11.9. The van der Waals surface area contributed by atoms with E-state index in [2.05, 4.69) is 156 Å². The van der Waals surface area contributed by atoms with Gasteiger partial charge in [-0.3, -0.25) is 0 Å². The molecule has 0 spiro atoms. The zero-order valence-electron chi connectivity index (χ0n) is 34.4. The molecule has 0 aliphatic carbocycles. The van der Waals surface area contributed by atoms with Crippen molar-refractivity contribution in [2.45, 2.75) is 0 Å². The predicted octanol–water partition coefficient (Wildman–Crippen LogP) is 14.9. The van der Waals surface area contributed by atoms with Gasteiger partial charge in [-0.1, -0.05) is 158 Å². The van der Waals surface area contributed by atoms with Crippen LogP contribution in [-0.4, -0.2) is 24.5 Å². The number of fused-ring (bicyclic) bond motifs is 9. The van der Waals surface area contributed by atoms with Gasteiger partial charge in [0.25, 0.3) is 0 Å². The highest BCUT2D eigenvalue weighted by atomic mass is 16.3. The van der Waals surface area contributed by atoms with E-state index in [0.29, 0.717) is 23.2 Å². The molecular formula is C58H35N5O. The van der Waals surface area contributed by atoms with E-state index in [4.69, 9.17) is 24.4 Å². The van der Waals surface area contributed by atoms with Gasteiger partial charge < -0.3 is 8.98 Å². The van der Waals surface area contributed by atoms with Crippen LogP contribution >= 0.6 is 0 Å². The number of para-hydroxylation sites is 2. The molecule has 298 valence electrons. The van der Waals surface area contributed by atoms with Gasteiger partial charge in [0.15, 0.2) is 23.1 Å². The highest BCUT2D eigenvalue weighted by Crippen LogP contribution is 2.42. The molecule has 0 fully saturated rings. The minimum Gasteiger partial charge on any atom is -0.454 e. The molecule has 0 saturated heterocycles. The van der Waals surface area contributed by atoms with Crippen molar-refractivity contribution in [3.63, 3.8) is 0 Å². The van der Waals surface area contributed by atoms with Gasteiger partial charge in [-0.05, 0) is 92.3 Å². The average Bonchev–Trinajstić information content (AvgIpc) is 3.92. The maximum Gasteiger partial charge on any atom is 0.182 e. The van der Waals surface area contributed by atoms with Crippen LogP contribution in [0.2, 0.25) is 0 Å². The Hall–Kier alpha value is -8.74. The molecule has 13 aromatic rings. The van der Waals surface area contributed by atoms with E-state index >= 15 is 0 Å². The fourth-order valence-corrected chi connectivity index (χ4v) is 9.46. The molecule has 9 aromatic carbocycles. The minimum atomic E-state index is 0.491. The van der Waals surface area contributed by atoms with Crippen molar-refractivity contribution < 1.29 is 4.42 Å². The largest absolute Gasteiger partial charge is 0.454 e. The molecule has 0 aliphatic rings. The van der Waals surface area contributed by atoms with Crippen molar-refractivity contribution >= 4 is 65.3 Å². The van der Waals surface area contributed by atoms with Gasteiger partial charge in [0.1, 0.15) is 11.3 Å². The molecule has 0 atom stereocenters. The smallest absolute Gasteiger partial charge is 0.182 e. The van der Waals surface area contributed by atoms with Crippen molar-refractivity contribution in [2.75, 3.05) is 0 Å². The summed E-state index contributed by atoms with van der Waals surface area (Å²) >= 11 is 0. The van der Waals surface area contributed by atoms with Crippen molar-refractivity contribution in [3.8, 4) is 62.2 Å². The molecule has 6 heteroatoms. The molecule has 64 heavy (non-hydrogen) atoms. The summed E-state index contributed by atoms with van der Waals surface area (Å²) in [5, 5.41) is 9.39. The first-order valence-electron chi connectivity index (χ1n) is 21.4. The van der Waals surface area contributed by atoms with Crippen LogP contribution in [0.4, 0.5) is 0 Å². The second kappa shape index (κ2) is 14.4. The minimum absolute atomic E-state index is 0.491. The molecule has 4 aromatic heterocycles. The summed E-state index contributed by atoms with van der Waals surface area (Å²) in [6, 6.07) is 72.7. The number of pyridine rings is 1. The monoisotopic (exact) mass is 817 g/mol. The van der Waals surface area contributed by atoms with Crippen LogP contribution in [0.3, 0.4) is 0 Å². The molecule has 4 heterocycles. The highest BCUT2D eigenvalue weighted by molar-refractivity contribution is 6.24. The third-order valence-corrected chi connectivity index (χ3v) is 12.5. The first kappa shape index (κ1) is 36.0. The molecule has 6 nitrogen and oxygen atoms in total. The molecule has 0 radical (unpaired) electrons. The second-order valence-corrected chi connectivity index (χ2v) is 16.2. The zero-order valence-corrected chi connectivity index (χ0v) is 34.4. The van der Waals surface area contributed by atoms with E-state index in [0.717, 1.165) is 60.9 Å². The SMILES string of the molecule is c1ccc(-c2nc(-c3cccc(-c4cccc(-n5c6ccccc6c6c7ccccc7c(-c7ccc8ccccc8c7)cc65)c4)c3)nc(-c3cc4c(cn3)oc3ccccc34)n2)cc1. The molecule has 13 rings (SSSR count). The lowest BCUT2D eigenvalue weighted by Gasteiger charge is -2.14.